The monoisotopic (exact) mass is 383 g/mol. The van der Waals surface area contributed by atoms with E-state index in [1.54, 1.807) is 36.4 Å². The molecule has 0 bridgehead atoms. The normalized spacial score (nSPS) is 12.5. The van der Waals surface area contributed by atoms with E-state index in [4.69, 9.17) is 11.6 Å². The second kappa shape index (κ2) is 6.82. The third kappa shape index (κ3) is 3.29. The van der Waals surface area contributed by atoms with Crippen LogP contribution in [-0.4, -0.2) is 14.6 Å². The molecule has 0 atom stereocenters. The number of thiazole rings is 1. The average Bonchev–Trinajstić information content (AvgIpc) is 3.16. The van der Waals surface area contributed by atoms with Crippen molar-refractivity contribution in [1.82, 2.24) is 14.6 Å². The molecular weight excluding hydrogens is 373 g/mol. The summed E-state index contributed by atoms with van der Waals surface area (Å²) in [4.78, 5) is 17.2. The molecule has 2 aromatic heterocycles. The minimum absolute atomic E-state index is 0.313. The number of aromatic nitrogens is 3. The minimum atomic E-state index is -0.377. The molecule has 0 aliphatic rings. The fourth-order valence-electron chi connectivity index (χ4n) is 2.40. The van der Waals surface area contributed by atoms with Gasteiger partial charge in [0.05, 0.1) is 4.53 Å². The lowest BCUT2D eigenvalue weighted by Crippen LogP contribution is -2.23. The van der Waals surface area contributed by atoms with Crippen molar-refractivity contribution in [3.63, 3.8) is 0 Å². The number of rotatable bonds is 3. The lowest BCUT2D eigenvalue weighted by Gasteiger charge is -1.92. The van der Waals surface area contributed by atoms with E-state index in [0.717, 1.165) is 5.56 Å². The van der Waals surface area contributed by atoms with Gasteiger partial charge in [-0.25, -0.2) is 4.39 Å². The molecule has 0 unspecified atom stereocenters. The lowest BCUT2D eigenvalue weighted by molar-refractivity contribution is 0.625. The quantitative estimate of drug-likeness (QED) is 0.542. The average molecular weight is 384 g/mol. The third-order valence-electron chi connectivity index (χ3n) is 3.68. The third-order valence-corrected chi connectivity index (χ3v) is 4.90. The fourth-order valence-corrected chi connectivity index (χ4v) is 3.43. The smallest absolute Gasteiger partial charge is 0.266 e. The van der Waals surface area contributed by atoms with Crippen LogP contribution in [-0.2, 0) is 0 Å². The van der Waals surface area contributed by atoms with E-state index in [1.165, 1.54) is 28.0 Å². The number of nitrogens with zero attached hydrogens (tertiary/aromatic N) is 3. The van der Waals surface area contributed by atoms with Gasteiger partial charge in [0.2, 0.25) is 4.96 Å². The minimum Gasteiger partial charge on any atom is -0.266 e. The van der Waals surface area contributed by atoms with Crippen LogP contribution in [0.5, 0.6) is 0 Å². The molecule has 0 amide bonds. The summed E-state index contributed by atoms with van der Waals surface area (Å²) in [5, 5.41) is 4.87. The van der Waals surface area contributed by atoms with Gasteiger partial charge in [0.25, 0.3) is 5.56 Å². The van der Waals surface area contributed by atoms with Crippen molar-refractivity contribution >= 4 is 46.1 Å². The first-order valence-electron chi connectivity index (χ1n) is 7.70. The maximum Gasteiger partial charge on any atom is 0.291 e. The maximum atomic E-state index is 13.8. The molecule has 2 aromatic carbocycles. The number of halogens is 2. The summed E-state index contributed by atoms with van der Waals surface area (Å²) in [6.07, 6.45) is 5.08. The zero-order valence-electron chi connectivity index (χ0n) is 13.3. The summed E-state index contributed by atoms with van der Waals surface area (Å²) in [5.74, 6) is 0.0539. The predicted molar refractivity (Wildman–Crippen MR) is 103 cm³/mol. The summed E-state index contributed by atoms with van der Waals surface area (Å²) < 4.78 is 15.4. The van der Waals surface area contributed by atoms with Crippen LogP contribution in [0.15, 0.2) is 53.3 Å². The van der Waals surface area contributed by atoms with Crippen LogP contribution in [0.25, 0.3) is 23.2 Å². The van der Waals surface area contributed by atoms with Crippen molar-refractivity contribution in [2.24, 2.45) is 0 Å². The first-order chi connectivity index (χ1) is 12.6. The number of hydrogen-bond acceptors (Lipinski definition) is 4. The van der Waals surface area contributed by atoms with E-state index < -0.39 is 0 Å². The van der Waals surface area contributed by atoms with Crippen molar-refractivity contribution in [2.45, 2.75) is 0 Å². The summed E-state index contributed by atoms with van der Waals surface area (Å²) in [6.45, 7) is 0. The Kier molecular flexibility index (Phi) is 4.36. The molecule has 0 fully saturated rings. The molecule has 0 saturated carbocycles. The van der Waals surface area contributed by atoms with Gasteiger partial charge in [-0.2, -0.15) is 9.50 Å². The van der Waals surface area contributed by atoms with Crippen molar-refractivity contribution in [2.75, 3.05) is 0 Å². The van der Waals surface area contributed by atoms with Crippen LogP contribution in [0.2, 0.25) is 5.02 Å². The van der Waals surface area contributed by atoms with Gasteiger partial charge < -0.3 is 0 Å². The van der Waals surface area contributed by atoms with E-state index in [1.807, 2.05) is 18.2 Å². The summed E-state index contributed by atoms with van der Waals surface area (Å²) in [7, 11) is 0. The Morgan fingerprint density at radius 2 is 1.85 bits per heavy atom. The van der Waals surface area contributed by atoms with Crippen LogP contribution < -0.4 is 10.1 Å². The van der Waals surface area contributed by atoms with E-state index in [2.05, 4.69) is 10.1 Å². The van der Waals surface area contributed by atoms with Crippen LogP contribution in [0.3, 0.4) is 0 Å². The molecule has 0 spiro atoms. The Hall–Kier alpha value is -2.83. The largest absolute Gasteiger partial charge is 0.291 e. The van der Waals surface area contributed by atoms with Gasteiger partial charge in [0.1, 0.15) is 5.82 Å². The second-order valence-corrected chi connectivity index (χ2v) is 6.93. The van der Waals surface area contributed by atoms with Crippen LogP contribution >= 0.6 is 22.9 Å². The molecule has 0 N–H and O–H groups in total. The van der Waals surface area contributed by atoms with Gasteiger partial charge in [0.15, 0.2) is 5.82 Å². The van der Waals surface area contributed by atoms with Crippen molar-refractivity contribution in [3.8, 4) is 0 Å². The Balaban J connectivity index is 1.69. The summed E-state index contributed by atoms with van der Waals surface area (Å²) in [6, 6.07) is 13.6. The standard InChI is InChI=1S/C19H11ClFN3OS/c20-14-8-5-12(6-9-14)7-10-17-22-19-24(23-17)18(25)16(26-19)11-13-3-1-2-4-15(13)21/h1-11H/b10-7+,16-11+. The van der Waals surface area contributed by atoms with Crippen molar-refractivity contribution in [1.29, 1.82) is 0 Å². The van der Waals surface area contributed by atoms with Crippen molar-refractivity contribution < 1.29 is 4.39 Å². The first kappa shape index (κ1) is 16.6. The molecule has 26 heavy (non-hydrogen) atoms. The highest BCUT2D eigenvalue weighted by Crippen LogP contribution is 2.12. The van der Waals surface area contributed by atoms with Crippen molar-refractivity contribution in [3.05, 3.63) is 91.2 Å². The Morgan fingerprint density at radius 1 is 1.08 bits per heavy atom. The molecule has 7 heteroatoms. The fraction of sp³-hybridized carbons (Fsp3) is 0. The molecule has 0 saturated heterocycles. The number of fused-ring (bicyclic) bond motifs is 1. The van der Waals surface area contributed by atoms with Gasteiger partial charge in [-0.15, -0.1) is 5.10 Å². The highest BCUT2D eigenvalue weighted by Gasteiger charge is 2.09. The van der Waals surface area contributed by atoms with Gasteiger partial charge in [-0.3, -0.25) is 4.79 Å². The van der Waals surface area contributed by atoms with Gasteiger partial charge in [-0.05, 0) is 35.9 Å². The van der Waals surface area contributed by atoms with Gasteiger partial charge in [0, 0.05) is 10.6 Å². The predicted octanol–water partition coefficient (Wildman–Crippen LogP) is 3.66. The zero-order chi connectivity index (χ0) is 18.1. The van der Waals surface area contributed by atoms with Crippen LogP contribution in [0.4, 0.5) is 4.39 Å². The Labute approximate surface area is 156 Å². The molecule has 128 valence electrons. The Morgan fingerprint density at radius 3 is 2.58 bits per heavy atom. The molecule has 0 radical (unpaired) electrons. The maximum absolute atomic E-state index is 13.8. The van der Waals surface area contributed by atoms with Crippen LogP contribution in [0.1, 0.15) is 17.0 Å². The molecule has 2 heterocycles. The number of benzene rings is 2. The molecule has 0 aliphatic carbocycles. The van der Waals surface area contributed by atoms with Crippen LogP contribution in [0, 0.1) is 5.82 Å². The topological polar surface area (TPSA) is 47.3 Å². The molecule has 4 aromatic rings. The SMILES string of the molecule is O=c1/c(=C\c2ccccc2F)sc2nc(/C=C/c3ccc(Cl)cc3)nn12. The lowest BCUT2D eigenvalue weighted by atomic mass is 10.2. The van der Waals surface area contributed by atoms with Gasteiger partial charge in [-0.1, -0.05) is 59.3 Å². The molecule has 0 aliphatic heterocycles. The first-order valence-corrected chi connectivity index (χ1v) is 8.89. The second-order valence-electron chi connectivity index (χ2n) is 5.49. The van der Waals surface area contributed by atoms with E-state index in [0.29, 0.717) is 25.9 Å². The highest BCUT2D eigenvalue weighted by molar-refractivity contribution is 7.15. The summed E-state index contributed by atoms with van der Waals surface area (Å²) in [5.41, 5.74) is 0.993. The highest BCUT2D eigenvalue weighted by atomic mass is 35.5. The van der Waals surface area contributed by atoms with E-state index >= 15 is 0 Å². The summed E-state index contributed by atoms with van der Waals surface area (Å²) >= 11 is 7.03. The van der Waals surface area contributed by atoms with E-state index in [-0.39, 0.29) is 11.4 Å². The molecule has 4 rings (SSSR count). The molecule has 4 nitrogen and oxygen atoms in total. The zero-order valence-corrected chi connectivity index (χ0v) is 14.8. The Bertz CT molecular complexity index is 1230. The van der Waals surface area contributed by atoms with E-state index in [9.17, 15) is 9.18 Å². The van der Waals surface area contributed by atoms with Gasteiger partial charge >= 0.3 is 0 Å². The number of hydrogen-bond donors (Lipinski definition) is 0. The molecular formula is C19H11ClFN3OS.